The molecule has 0 saturated carbocycles. The predicted molar refractivity (Wildman–Crippen MR) is 66.3 cm³/mol. The molecule has 0 saturated heterocycles. The summed E-state index contributed by atoms with van der Waals surface area (Å²) in [4.78, 5) is 0.703. The molecule has 0 spiro atoms. The van der Waals surface area contributed by atoms with Crippen LogP contribution < -0.4 is 5.73 Å². The van der Waals surface area contributed by atoms with E-state index in [0.717, 1.165) is 10.9 Å². The molecule has 2 N–H and O–H groups in total. The number of nitrogens with two attached hydrogens (primary N) is 1. The Morgan fingerprint density at radius 3 is 2.87 bits per heavy atom. The molecule has 3 nitrogen and oxygen atoms in total. The summed E-state index contributed by atoms with van der Waals surface area (Å²) < 4.78 is 17.6. The summed E-state index contributed by atoms with van der Waals surface area (Å²) in [5.74, 6) is 0.583. The zero-order valence-corrected chi connectivity index (χ0v) is 10.9. The average Bonchev–Trinajstić information content (AvgIpc) is 2.17. The third kappa shape index (κ3) is 3.93. The summed E-state index contributed by atoms with van der Waals surface area (Å²) in [7, 11) is 0.605. The van der Waals surface area contributed by atoms with E-state index in [9.17, 15) is 4.21 Å². The van der Waals surface area contributed by atoms with Gasteiger partial charge in [-0.05, 0) is 24.6 Å². The van der Waals surface area contributed by atoms with Crippen molar-refractivity contribution in [2.75, 3.05) is 25.2 Å². The molecule has 84 valence electrons. The lowest BCUT2D eigenvalue weighted by Gasteiger charge is -2.05. The number of halogens is 1. The maximum Gasteiger partial charge on any atom is 0.0618 e. The second kappa shape index (κ2) is 6.25. The van der Waals surface area contributed by atoms with Crippen LogP contribution in [-0.4, -0.2) is 23.7 Å². The van der Waals surface area contributed by atoms with Crippen LogP contribution >= 0.6 is 15.9 Å². The Hall–Kier alpha value is -0.390. The van der Waals surface area contributed by atoms with E-state index in [0.29, 0.717) is 22.9 Å². The summed E-state index contributed by atoms with van der Waals surface area (Å²) in [6, 6.07) is 5.41. The smallest absolute Gasteiger partial charge is 0.0618 e. The number of nitrogen functional groups attached to an aromatic ring is 1. The Morgan fingerprint density at radius 1 is 1.53 bits per heavy atom. The van der Waals surface area contributed by atoms with Gasteiger partial charge in [0, 0.05) is 29.6 Å². The van der Waals surface area contributed by atoms with Crippen molar-refractivity contribution in [3.8, 4) is 0 Å². The zero-order valence-electron chi connectivity index (χ0n) is 8.53. The van der Waals surface area contributed by atoms with Crippen LogP contribution in [0.1, 0.15) is 6.42 Å². The molecule has 1 rings (SSSR count). The van der Waals surface area contributed by atoms with Crippen LogP contribution in [0.4, 0.5) is 5.69 Å². The minimum Gasteiger partial charge on any atom is -0.398 e. The summed E-state index contributed by atoms with van der Waals surface area (Å²) in [6.07, 6.45) is 0.776. The molecule has 15 heavy (non-hydrogen) atoms. The average molecular weight is 292 g/mol. The molecule has 0 aromatic heterocycles. The van der Waals surface area contributed by atoms with Gasteiger partial charge in [0.1, 0.15) is 0 Å². The van der Waals surface area contributed by atoms with Gasteiger partial charge in [-0.2, -0.15) is 0 Å². The fraction of sp³-hybridized carbons (Fsp3) is 0.400. The Morgan fingerprint density at radius 2 is 2.27 bits per heavy atom. The SMILES string of the molecule is COCCCS(=O)c1ccc(Br)cc1N. The maximum atomic E-state index is 11.8. The Labute approximate surface area is 101 Å². The molecule has 0 radical (unpaired) electrons. The van der Waals surface area contributed by atoms with Gasteiger partial charge in [-0.25, -0.2) is 0 Å². The molecule has 0 fully saturated rings. The van der Waals surface area contributed by atoms with Crippen LogP contribution in [-0.2, 0) is 15.5 Å². The molecule has 1 aromatic rings. The maximum absolute atomic E-state index is 11.8. The molecule has 0 aliphatic carbocycles. The van der Waals surface area contributed by atoms with Crippen molar-refractivity contribution in [2.24, 2.45) is 0 Å². The van der Waals surface area contributed by atoms with E-state index < -0.39 is 10.8 Å². The molecule has 0 heterocycles. The molecule has 1 unspecified atom stereocenters. The highest BCUT2D eigenvalue weighted by Gasteiger charge is 2.07. The van der Waals surface area contributed by atoms with Crippen LogP contribution in [0.15, 0.2) is 27.6 Å². The van der Waals surface area contributed by atoms with Crippen LogP contribution in [0.3, 0.4) is 0 Å². The summed E-state index contributed by atoms with van der Waals surface area (Å²) >= 11 is 3.31. The lowest BCUT2D eigenvalue weighted by atomic mass is 10.3. The second-order valence-electron chi connectivity index (χ2n) is 3.08. The van der Waals surface area contributed by atoms with Gasteiger partial charge >= 0.3 is 0 Å². The molecule has 1 atom stereocenters. The first-order valence-corrected chi connectivity index (χ1v) is 6.68. The first kappa shape index (κ1) is 12.7. The lowest BCUT2D eigenvalue weighted by Crippen LogP contribution is -2.04. The fourth-order valence-electron chi connectivity index (χ4n) is 1.17. The van der Waals surface area contributed by atoms with Crippen LogP contribution in [0.5, 0.6) is 0 Å². The van der Waals surface area contributed by atoms with Gasteiger partial charge in [-0.3, -0.25) is 4.21 Å². The lowest BCUT2D eigenvalue weighted by molar-refractivity contribution is 0.200. The first-order chi connectivity index (χ1) is 7.15. The number of rotatable bonds is 5. The normalized spacial score (nSPS) is 12.7. The molecule has 0 bridgehead atoms. The molecule has 1 aromatic carbocycles. The monoisotopic (exact) mass is 291 g/mol. The third-order valence-electron chi connectivity index (χ3n) is 1.90. The number of anilines is 1. The highest BCUT2D eigenvalue weighted by atomic mass is 79.9. The van der Waals surface area contributed by atoms with E-state index >= 15 is 0 Å². The molecule has 0 aliphatic rings. The zero-order chi connectivity index (χ0) is 11.3. The molecular formula is C10H14BrNO2S. The Kier molecular flexibility index (Phi) is 5.28. The van der Waals surface area contributed by atoms with Gasteiger partial charge < -0.3 is 10.5 Å². The van der Waals surface area contributed by atoms with E-state index in [1.165, 1.54) is 0 Å². The van der Waals surface area contributed by atoms with E-state index in [1.54, 1.807) is 19.2 Å². The Bertz CT molecular complexity index is 357. The third-order valence-corrected chi connectivity index (χ3v) is 3.91. The van der Waals surface area contributed by atoms with Gasteiger partial charge in [0.25, 0.3) is 0 Å². The van der Waals surface area contributed by atoms with Crippen molar-refractivity contribution in [1.82, 2.24) is 0 Å². The van der Waals surface area contributed by atoms with Crippen molar-refractivity contribution < 1.29 is 8.95 Å². The minimum absolute atomic E-state index is 0.570. The summed E-state index contributed by atoms with van der Waals surface area (Å²) in [5.41, 5.74) is 6.34. The number of benzene rings is 1. The van der Waals surface area contributed by atoms with Crippen molar-refractivity contribution in [3.63, 3.8) is 0 Å². The van der Waals surface area contributed by atoms with Crippen LogP contribution in [0, 0.1) is 0 Å². The number of ether oxygens (including phenoxy) is 1. The number of hydrogen-bond acceptors (Lipinski definition) is 3. The van der Waals surface area contributed by atoms with E-state index in [4.69, 9.17) is 10.5 Å². The molecule has 0 amide bonds. The van der Waals surface area contributed by atoms with Crippen molar-refractivity contribution >= 4 is 32.4 Å². The van der Waals surface area contributed by atoms with Crippen LogP contribution in [0.25, 0.3) is 0 Å². The summed E-state index contributed by atoms with van der Waals surface area (Å²) in [5, 5.41) is 0. The van der Waals surface area contributed by atoms with Crippen molar-refractivity contribution in [3.05, 3.63) is 22.7 Å². The molecule has 0 aliphatic heterocycles. The number of hydrogen-bond donors (Lipinski definition) is 1. The largest absolute Gasteiger partial charge is 0.398 e. The topological polar surface area (TPSA) is 52.3 Å². The fourth-order valence-corrected chi connectivity index (χ4v) is 2.69. The van der Waals surface area contributed by atoms with E-state index in [-0.39, 0.29) is 0 Å². The Balaban J connectivity index is 2.65. The quantitative estimate of drug-likeness (QED) is 0.668. The highest BCUT2D eigenvalue weighted by Crippen LogP contribution is 2.21. The van der Waals surface area contributed by atoms with E-state index in [1.807, 2.05) is 6.07 Å². The highest BCUT2D eigenvalue weighted by molar-refractivity contribution is 9.10. The van der Waals surface area contributed by atoms with Gasteiger partial charge in [-0.15, -0.1) is 0 Å². The molecule has 5 heteroatoms. The number of methoxy groups -OCH3 is 1. The van der Waals surface area contributed by atoms with Crippen molar-refractivity contribution in [2.45, 2.75) is 11.3 Å². The van der Waals surface area contributed by atoms with Gasteiger partial charge in [0.2, 0.25) is 0 Å². The van der Waals surface area contributed by atoms with Gasteiger partial charge in [0.05, 0.1) is 15.7 Å². The predicted octanol–water partition coefficient (Wildman–Crippen LogP) is 2.18. The van der Waals surface area contributed by atoms with Gasteiger partial charge in [-0.1, -0.05) is 15.9 Å². The second-order valence-corrected chi connectivity index (χ2v) is 5.53. The van der Waals surface area contributed by atoms with Crippen molar-refractivity contribution in [1.29, 1.82) is 0 Å². The molecular weight excluding hydrogens is 278 g/mol. The minimum atomic E-state index is -1.03. The van der Waals surface area contributed by atoms with Gasteiger partial charge in [0.15, 0.2) is 0 Å². The summed E-state index contributed by atoms with van der Waals surface area (Å²) in [6.45, 7) is 0.627. The van der Waals surface area contributed by atoms with E-state index in [2.05, 4.69) is 15.9 Å². The van der Waals surface area contributed by atoms with Crippen LogP contribution in [0.2, 0.25) is 0 Å². The standard InChI is InChI=1S/C10H14BrNO2S/c1-14-5-2-6-15(13)10-4-3-8(11)7-9(10)12/h3-4,7H,2,5-6,12H2,1H3. The first-order valence-electron chi connectivity index (χ1n) is 4.57.